The fourth-order valence-electron chi connectivity index (χ4n) is 2.24. The molecule has 4 nitrogen and oxygen atoms in total. The highest BCUT2D eigenvalue weighted by atomic mass is 79.9. The van der Waals surface area contributed by atoms with Gasteiger partial charge in [-0.05, 0) is 36.2 Å². The number of nitrogens with two attached hydrogens (primary N) is 1. The van der Waals surface area contributed by atoms with Gasteiger partial charge in [-0.2, -0.15) is 0 Å². The molecule has 0 saturated heterocycles. The van der Waals surface area contributed by atoms with Crippen LogP contribution < -0.4 is 5.73 Å². The molecular formula is C16H15BrN4. The average Bonchev–Trinajstić information content (AvgIpc) is 3.00. The molecule has 0 amide bonds. The summed E-state index contributed by atoms with van der Waals surface area (Å²) in [6.45, 7) is 0. The second kappa shape index (κ2) is 6.20. The van der Waals surface area contributed by atoms with Gasteiger partial charge in [0.25, 0.3) is 0 Å². The van der Waals surface area contributed by atoms with Crippen LogP contribution in [0.25, 0.3) is 5.69 Å². The zero-order chi connectivity index (χ0) is 14.7. The number of benzene rings is 2. The van der Waals surface area contributed by atoms with E-state index in [9.17, 15) is 0 Å². The normalized spacial score (nSPS) is 12.3. The molecule has 1 unspecified atom stereocenters. The Morgan fingerprint density at radius 3 is 2.48 bits per heavy atom. The maximum Gasteiger partial charge on any atom is 0.0816 e. The topological polar surface area (TPSA) is 56.7 Å². The second-order valence-corrected chi connectivity index (χ2v) is 5.76. The number of hydrogen-bond acceptors (Lipinski definition) is 3. The lowest BCUT2D eigenvalue weighted by molar-refractivity contribution is 0.649. The quantitative estimate of drug-likeness (QED) is 0.791. The first-order valence-electron chi connectivity index (χ1n) is 6.70. The lowest BCUT2D eigenvalue weighted by Gasteiger charge is -2.13. The van der Waals surface area contributed by atoms with Gasteiger partial charge in [0.2, 0.25) is 0 Å². The summed E-state index contributed by atoms with van der Waals surface area (Å²) in [5.41, 5.74) is 9.40. The van der Waals surface area contributed by atoms with Gasteiger partial charge in [0.1, 0.15) is 0 Å². The first kappa shape index (κ1) is 14.0. The maximum atomic E-state index is 6.34. The summed E-state index contributed by atoms with van der Waals surface area (Å²) in [6.07, 6.45) is 2.48. The van der Waals surface area contributed by atoms with E-state index in [1.54, 1.807) is 10.9 Å². The Morgan fingerprint density at radius 2 is 1.76 bits per heavy atom. The van der Waals surface area contributed by atoms with Crippen LogP contribution in [0.15, 0.2) is 65.3 Å². The number of halogens is 1. The van der Waals surface area contributed by atoms with E-state index < -0.39 is 0 Å². The van der Waals surface area contributed by atoms with Crippen LogP contribution in [-0.4, -0.2) is 15.0 Å². The van der Waals surface area contributed by atoms with Gasteiger partial charge in [-0.15, -0.1) is 5.10 Å². The van der Waals surface area contributed by atoms with E-state index in [1.165, 1.54) is 5.56 Å². The van der Waals surface area contributed by atoms with Crippen LogP contribution in [0.1, 0.15) is 17.3 Å². The van der Waals surface area contributed by atoms with Crippen molar-refractivity contribution in [2.24, 2.45) is 5.73 Å². The van der Waals surface area contributed by atoms with Crippen molar-refractivity contribution in [2.75, 3.05) is 0 Å². The van der Waals surface area contributed by atoms with Crippen molar-refractivity contribution in [3.8, 4) is 5.69 Å². The predicted molar refractivity (Wildman–Crippen MR) is 86.1 cm³/mol. The van der Waals surface area contributed by atoms with Gasteiger partial charge in [-0.1, -0.05) is 51.5 Å². The Labute approximate surface area is 131 Å². The molecule has 21 heavy (non-hydrogen) atoms. The minimum Gasteiger partial charge on any atom is -0.322 e. The average molecular weight is 343 g/mol. The summed E-state index contributed by atoms with van der Waals surface area (Å²) < 4.78 is 2.86. The van der Waals surface area contributed by atoms with Crippen molar-refractivity contribution in [3.63, 3.8) is 0 Å². The summed E-state index contributed by atoms with van der Waals surface area (Å²) >= 11 is 3.44. The van der Waals surface area contributed by atoms with E-state index in [2.05, 4.69) is 38.4 Å². The first-order chi connectivity index (χ1) is 10.2. The van der Waals surface area contributed by atoms with Gasteiger partial charge in [0.15, 0.2) is 0 Å². The molecule has 0 bridgehead atoms. The molecule has 1 aromatic heterocycles. The number of rotatable bonds is 4. The fourth-order valence-corrected chi connectivity index (χ4v) is 2.51. The Kier molecular flexibility index (Phi) is 4.13. The zero-order valence-corrected chi connectivity index (χ0v) is 12.9. The van der Waals surface area contributed by atoms with Crippen LogP contribution in [0, 0.1) is 0 Å². The SMILES string of the molecule is NC(Cc1ccc(Br)cc1)c1cnnn1-c1ccccc1. The minimum atomic E-state index is -0.151. The van der Waals surface area contributed by atoms with Crippen molar-refractivity contribution in [1.82, 2.24) is 15.0 Å². The third-order valence-electron chi connectivity index (χ3n) is 3.33. The second-order valence-electron chi connectivity index (χ2n) is 4.84. The van der Waals surface area contributed by atoms with Crippen LogP contribution >= 0.6 is 15.9 Å². The highest BCUT2D eigenvalue weighted by Crippen LogP contribution is 2.19. The summed E-state index contributed by atoms with van der Waals surface area (Å²) in [4.78, 5) is 0. The van der Waals surface area contributed by atoms with E-state index >= 15 is 0 Å². The number of para-hydroxylation sites is 1. The molecule has 0 radical (unpaired) electrons. The highest BCUT2D eigenvalue weighted by molar-refractivity contribution is 9.10. The Balaban J connectivity index is 1.84. The lowest BCUT2D eigenvalue weighted by atomic mass is 10.0. The molecular weight excluding hydrogens is 328 g/mol. The smallest absolute Gasteiger partial charge is 0.0816 e. The zero-order valence-electron chi connectivity index (χ0n) is 11.4. The summed E-state index contributed by atoms with van der Waals surface area (Å²) in [5, 5.41) is 8.14. The van der Waals surface area contributed by atoms with Crippen molar-refractivity contribution in [3.05, 3.63) is 76.5 Å². The molecule has 3 aromatic rings. The van der Waals surface area contributed by atoms with E-state index in [4.69, 9.17) is 5.73 Å². The Bertz CT molecular complexity index is 707. The molecule has 106 valence electrons. The molecule has 0 aliphatic heterocycles. The molecule has 2 aromatic carbocycles. The Hall–Kier alpha value is -1.98. The molecule has 0 spiro atoms. The molecule has 0 saturated carbocycles. The Morgan fingerprint density at radius 1 is 1.05 bits per heavy atom. The minimum absolute atomic E-state index is 0.151. The van der Waals surface area contributed by atoms with Gasteiger partial charge in [-0.3, -0.25) is 0 Å². The van der Waals surface area contributed by atoms with Crippen molar-refractivity contribution < 1.29 is 0 Å². The van der Waals surface area contributed by atoms with E-state index in [-0.39, 0.29) is 6.04 Å². The van der Waals surface area contributed by atoms with Gasteiger partial charge < -0.3 is 5.73 Å². The molecule has 0 fully saturated rings. The third-order valence-corrected chi connectivity index (χ3v) is 3.85. The van der Waals surface area contributed by atoms with Crippen LogP contribution in [0.4, 0.5) is 0 Å². The lowest BCUT2D eigenvalue weighted by Crippen LogP contribution is -2.17. The molecule has 3 rings (SSSR count). The van der Waals surface area contributed by atoms with Crippen LogP contribution in [0.2, 0.25) is 0 Å². The molecule has 0 aliphatic carbocycles. The van der Waals surface area contributed by atoms with Gasteiger partial charge >= 0.3 is 0 Å². The van der Waals surface area contributed by atoms with E-state index in [0.29, 0.717) is 0 Å². The summed E-state index contributed by atoms with van der Waals surface area (Å²) in [5.74, 6) is 0. The van der Waals surface area contributed by atoms with Crippen molar-refractivity contribution in [2.45, 2.75) is 12.5 Å². The summed E-state index contributed by atoms with van der Waals surface area (Å²) in [7, 11) is 0. The molecule has 0 aliphatic rings. The fraction of sp³-hybridized carbons (Fsp3) is 0.125. The largest absolute Gasteiger partial charge is 0.322 e. The number of hydrogen-bond donors (Lipinski definition) is 1. The van der Waals surface area contributed by atoms with E-state index in [1.807, 2.05) is 42.5 Å². The van der Waals surface area contributed by atoms with Crippen LogP contribution in [-0.2, 0) is 6.42 Å². The molecule has 1 atom stereocenters. The molecule has 5 heteroatoms. The third kappa shape index (κ3) is 3.20. The van der Waals surface area contributed by atoms with Crippen molar-refractivity contribution in [1.29, 1.82) is 0 Å². The van der Waals surface area contributed by atoms with Gasteiger partial charge in [0.05, 0.1) is 23.6 Å². The first-order valence-corrected chi connectivity index (χ1v) is 7.49. The summed E-state index contributed by atoms with van der Waals surface area (Å²) in [6, 6.07) is 17.9. The van der Waals surface area contributed by atoms with Gasteiger partial charge in [-0.25, -0.2) is 4.68 Å². The van der Waals surface area contributed by atoms with E-state index in [0.717, 1.165) is 22.3 Å². The monoisotopic (exact) mass is 342 g/mol. The molecule has 1 heterocycles. The van der Waals surface area contributed by atoms with Crippen LogP contribution in [0.3, 0.4) is 0 Å². The predicted octanol–water partition coefficient (Wildman–Crippen LogP) is 3.27. The van der Waals surface area contributed by atoms with Crippen molar-refractivity contribution >= 4 is 15.9 Å². The highest BCUT2D eigenvalue weighted by Gasteiger charge is 2.14. The number of nitrogens with zero attached hydrogens (tertiary/aromatic N) is 3. The standard InChI is InChI=1S/C16H15BrN4/c17-13-8-6-12(7-9-13)10-15(18)16-11-19-20-21(16)14-4-2-1-3-5-14/h1-9,11,15H,10,18H2. The van der Waals surface area contributed by atoms with Gasteiger partial charge in [0, 0.05) is 4.47 Å². The molecule has 2 N–H and O–H groups in total. The van der Waals surface area contributed by atoms with Crippen LogP contribution in [0.5, 0.6) is 0 Å². The number of aromatic nitrogens is 3. The maximum absolute atomic E-state index is 6.34.